The van der Waals surface area contributed by atoms with Gasteiger partial charge >= 0.3 is 0 Å². The Morgan fingerprint density at radius 1 is 1.54 bits per heavy atom. The predicted octanol–water partition coefficient (Wildman–Crippen LogP) is 3.32. The van der Waals surface area contributed by atoms with E-state index in [9.17, 15) is 0 Å². The lowest BCUT2D eigenvalue weighted by atomic mass is 9.86. The molecule has 0 spiro atoms. The van der Waals surface area contributed by atoms with Crippen molar-refractivity contribution in [3.63, 3.8) is 0 Å². The molecule has 0 aromatic heterocycles. The molecule has 0 heterocycles. The second kappa shape index (κ2) is 4.01. The summed E-state index contributed by atoms with van der Waals surface area (Å²) < 4.78 is 5.58. The zero-order chi connectivity index (χ0) is 9.10. The first kappa shape index (κ1) is 8.89. The van der Waals surface area contributed by atoms with Crippen LogP contribution in [0.4, 0.5) is 0 Å². The van der Waals surface area contributed by atoms with E-state index < -0.39 is 0 Å². The first-order valence-corrected chi connectivity index (χ1v) is 5.02. The molecule has 2 rings (SSSR count). The van der Waals surface area contributed by atoms with Crippen LogP contribution in [-0.2, 0) is 0 Å². The zero-order valence-electron chi connectivity index (χ0n) is 7.42. The Hall–Kier alpha value is -0.690. The second-order valence-electron chi connectivity index (χ2n) is 3.46. The first-order valence-electron chi connectivity index (χ1n) is 4.64. The first-order chi connectivity index (χ1) is 6.36. The van der Waals surface area contributed by atoms with E-state index in [4.69, 9.17) is 16.3 Å². The fourth-order valence-electron chi connectivity index (χ4n) is 1.37. The van der Waals surface area contributed by atoms with E-state index in [2.05, 4.69) is 6.07 Å². The second-order valence-corrected chi connectivity index (χ2v) is 3.87. The maximum absolute atomic E-state index is 5.92. The van der Waals surface area contributed by atoms with Crippen LogP contribution in [-0.4, -0.2) is 6.61 Å². The Morgan fingerprint density at radius 2 is 2.38 bits per heavy atom. The van der Waals surface area contributed by atoms with Crippen LogP contribution in [0.5, 0.6) is 5.75 Å². The molecule has 0 bridgehead atoms. The van der Waals surface area contributed by atoms with Crippen molar-refractivity contribution in [3.05, 3.63) is 29.3 Å². The Balaban J connectivity index is 1.89. The van der Waals surface area contributed by atoms with Gasteiger partial charge in [0.2, 0.25) is 0 Å². The van der Waals surface area contributed by atoms with Crippen molar-refractivity contribution in [2.24, 2.45) is 5.92 Å². The molecule has 1 nitrogen and oxygen atoms in total. The van der Waals surface area contributed by atoms with Crippen molar-refractivity contribution in [2.45, 2.75) is 19.3 Å². The highest BCUT2D eigenvalue weighted by Gasteiger charge is 2.18. The molecule has 2 heteroatoms. The van der Waals surface area contributed by atoms with Crippen LogP contribution in [0.3, 0.4) is 0 Å². The van der Waals surface area contributed by atoms with Gasteiger partial charge in [-0.05, 0) is 37.0 Å². The van der Waals surface area contributed by atoms with E-state index in [1.165, 1.54) is 19.3 Å². The van der Waals surface area contributed by atoms with Gasteiger partial charge in [0.15, 0.2) is 0 Å². The van der Waals surface area contributed by atoms with Gasteiger partial charge in [0.1, 0.15) is 5.75 Å². The average molecular weight is 196 g/mol. The molecular formula is C11H12ClO. The van der Waals surface area contributed by atoms with E-state index in [1.54, 1.807) is 18.2 Å². The minimum absolute atomic E-state index is 0.679. The van der Waals surface area contributed by atoms with E-state index in [-0.39, 0.29) is 0 Å². The summed E-state index contributed by atoms with van der Waals surface area (Å²) in [4.78, 5) is 0. The van der Waals surface area contributed by atoms with E-state index in [0.717, 1.165) is 18.3 Å². The van der Waals surface area contributed by atoms with E-state index in [0.29, 0.717) is 5.02 Å². The summed E-state index contributed by atoms with van der Waals surface area (Å²) >= 11 is 5.92. The van der Waals surface area contributed by atoms with Crippen molar-refractivity contribution >= 4 is 11.6 Å². The molecule has 0 aliphatic heterocycles. The largest absolute Gasteiger partial charge is 0.492 e. The summed E-state index contributed by atoms with van der Waals surface area (Å²) in [5.41, 5.74) is 0. The fourth-order valence-corrected chi connectivity index (χ4v) is 1.55. The number of halogens is 1. The SMILES string of the molecule is Clc1cc[c]cc1OCC1CCC1. The molecule has 69 valence electrons. The minimum atomic E-state index is 0.679. The van der Waals surface area contributed by atoms with E-state index >= 15 is 0 Å². The molecule has 1 aromatic carbocycles. The van der Waals surface area contributed by atoms with Gasteiger partial charge in [-0.2, -0.15) is 0 Å². The molecule has 0 N–H and O–H groups in total. The van der Waals surface area contributed by atoms with Crippen LogP contribution in [0.15, 0.2) is 18.2 Å². The summed E-state index contributed by atoms with van der Waals surface area (Å²) in [6.45, 7) is 0.803. The maximum atomic E-state index is 5.92. The van der Waals surface area contributed by atoms with Crippen molar-refractivity contribution in [3.8, 4) is 5.75 Å². The fraction of sp³-hybridized carbons (Fsp3) is 0.455. The monoisotopic (exact) mass is 195 g/mol. The number of benzene rings is 1. The summed E-state index contributed by atoms with van der Waals surface area (Å²) in [6, 6.07) is 8.34. The topological polar surface area (TPSA) is 9.23 Å². The molecule has 1 fully saturated rings. The highest BCUT2D eigenvalue weighted by Crippen LogP contribution is 2.29. The van der Waals surface area contributed by atoms with Crippen LogP contribution in [0.2, 0.25) is 5.02 Å². The average Bonchev–Trinajstić information content (AvgIpc) is 2.05. The minimum Gasteiger partial charge on any atom is -0.492 e. The van der Waals surface area contributed by atoms with Crippen molar-refractivity contribution < 1.29 is 4.74 Å². The van der Waals surface area contributed by atoms with Gasteiger partial charge in [-0.3, -0.25) is 0 Å². The maximum Gasteiger partial charge on any atom is 0.138 e. The number of ether oxygens (including phenoxy) is 1. The van der Waals surface area contributed by atoms with Gasteiger partial charge in [-0.1, -0.05) is 24.1 Å². The molecular weight excluding hydrogens is 184 g/mol. The van der Waals surface area contributed by atoms with Crippen LogP contribution >= 0.6 is 11.6 Å². The lowest BCUT2D eigenvalue weighted by Crippen LogP contribution is -2.19. The molecule has 1 aliphatic rings. The number of rotatable bonds is 3. The number of hydrogen-bond acceptors (Lipinski definition) is 1. The third kappa shape index (κ3) is 2.16. The van der Waals surface area contributed by atoms with Gasteiger partial charge in [0.25, 0.3) is 0 Å². The van der Waals surface area contributed by atoms with E-state index in [1.807, 2.05) is 0 Å². The molecule has 1 aromatic rings. The molecule has 1 radical (unpaired) electrons. The number of hydrogen-bond donors (Lipinski definition) is 0. The Kier molecular flexibility index (Phi) is 2.74. The summed E-state index contributed by atoms with van der Waals surface area (Å²) in [5, 5.41) is 0.679. The smallest absolute Gasteiger partial charge is 0.138 e. The Labute approximate surface area is 83.7 Å². The standard InChI is InChI=1S/C11H12ClO/c12-10-6-1-2-7-11(10)13-8-9-4-3-5-9/h1,6-7,9H,3-5,8H2. The lowest BCUT2D eigenvalue weighted by Gasteiger charge is -2.25. The van der Waals surface area contributed by atoms with Crippen molar-refractivity contribution in [2.75, 3.05) is 6.61 Å². The van der Waals surface area contributed by atoms with Gasteiger partial charge in [-0.15, -0.1) is 0 Å². The molecule has 13 heavy (non-hydrogen) atoms. The molecule has 0 amide bonds. The Morgan fingerprint density at radius 3 is 3.00 bits per heavy atom. The molecule has 1 aliphatic carbocycles. The van der Waals surface area contributed by atoms with Gasteiger partial charge in [-0.25, -0.2) is 0 Å². The third-order valence-corrected chi connectivity index (χ3v) is 2.79. The van der Waals surface area contributed by atoms with Gasteiger partial charge in [0.05, 0.1) is 11.6 Å². The Bertz CT molecular complexity index is 281. The van der Waals surface area contributed by atoms with Crippen LogP contribution < -0.4 is 4.74 Å². The summed E-state index contributed by atoms with van der Waals surface area (Å²) in [7, 11) is 0. The predicted molar refractivity (Wildman–Crippen MR) is 53.1 cm³/mol. The van der Waals surface area contributed by atoms with Crippen LogP contribution in [0, 0.1) is 12.0 Å². The molecule has 0 unspecified atom stereocenters. The quantitative estimate of drug-likeness (QED) is 0.719. The van der Waals surface area contributed by atoms with Crippen molar-refractivity contribution in [1.82, 2.24) is 0 Å². The third-order valence-electron chi connectivity index (χ3n) is 2.47. The summed E-state index contributed by atoms with van der Waals surface area (Å²) in [6.07, 6.45) is 3.95. The molecule has 0 atom stereocenters. The van der Waals surface area contributed by atoms with Crippen LogP contribution in [0.25, 0.3) is 0 Å². The highest BCUT2D eigenvalue weighted by molar-refractivity contribution is 6.32. The van der Waals surface area contributed by atoms with Crippen molar-refractivity contribution in [1.29, 1.82) is 0 Å². The van der Waals surface area contributed by atoms with Crippen LogP contribution in [0.1, 0.15) is 19.3 Å². The summed E-state index contributed by atoms with van der Waals surface area (Å²) in [5.74, 6) is 1.51. The lowest BCUT2D eigenvalue weighted by molar-refractivity contribution is 0.180. The zero-order valence-corrected chi connectivity index (χ0v) is 8.18. The highest BCUT2D eigenvalue weighted by atomic mass is 35.5. The van der Waals surface area contributed by atoms with Gasteiger partial charge < -0.3 is 4.74 Å². The molecule has 0 saturated heterocycles. The van der Waals surface area contributed by atoms with Gasteiger partial charge in [0, 0.05) is 0 Å². The normalized spacial score (nSPS) is 16.7. The molecule has 1 saturated carbocycles.